The molecule has 0 aliphatic carbocycles. The topological polar surface area (TPSA) is 73.3 Å². The third kappa shape index (κ3) is 3.88. The molecule has 0 spiro atoms. The molecule has 26 heavy (non-hydrogen) atoms. The molecule has 0 radical (unpaired) electrons. The first-order valence-electron chi connectivity index (χ1n) is 9.01. The van der Waals surface area contributed by atoms with Crippen molar-refractivity contribution in [3.63, 3.8) is 0 Å². The van der Waals surface area contributed by atoms with Gasteiger partial charge < -0.3 is 14.8 Å². The number of para-hydroxylation sites is 1. The largest absolute Gasteiger partial charge is 0.496 e. The standard InChI is InChI=1S/C19H25N3O3S/c1-3-6-15-17(26-22-21-15)18(23)20-13-19(9-11-25-12-10-19)14-7-4-5-8-16(14)24-2/h4-5,7-8H,3,6,9-13H2,1-2H3,(H,20,23). The summed E-state index contributed by atoms with van der Waals surface area (Å²) in [6.45, 7) is 3.97. The maximum atomic E-state index is 12.7. The van der Waals surface area contributed by atoms with E-state index in [4.69, 9.17) is 9.47 Å². The Morgan fingerprint density at radius 3 is 2.85 bits per heavy atom. The number of aryl methyl sites for hydroxylation is 1. The number of nitrogens with zero attached hydrogens (tertiary/aromatic N) is 2. The minimum Gasteiger partial charge on any atom is -0.496 e. The summed E-state index contributed by atoms with van der Waals surface area (Å²) < 4.78 is 15.1. The number of methoxy groups -OCH3 is 1. The molecule has 2 heterocycles. The van der Waals surface area contributed by atoms with E-state index in [1.165, 1.54) is 0 Å². The Morgan fingerprint density at radius 1 is 1.35 bits per heavy atom. The van der Waals surface area contributed by atoms with Crippen LogP contribution in [0.3, 0.4) is 0 Å². The first-order chi connectivity index (χ1) is 12.7. The van der Waals surface area contributed by atoms with Crippen LogP contribution in [0.1, 0.15) is 47.1 Å². The lowest BCUT2D eigenvalue weighted by Crippen LogP contribution is -2.44. The zero-order valence-electron chi connectivity index (χ0n) is 15.3. The number of ether oxygens (including phenoxy) is 2. The van der Waals surface area contributed by atoms with Crippen LogP contribution in [-0.2, 0) is 16.6 Å². The molecule has 1 aromatic heterocycles. The van der Waals surface area contributed by atoms with Crippen LogP contribution in [0.4, 0.5) is 0 Å². The van der Waals surface area contributed by atoms with Crippen molar-refractivity contribution in [3.8, 4) is 5.75 Å². The van der Waals surface area contributed by atoms with Gasteiger partial charge in [-0.15, -0.1) is 5.10 Å². The lowest BCUT2D eigenvalue weighted by molar-refractivity contribution is 0.0479. The summed E-state index contributed by atoms with van der Waals surface area (Å²) in [7, 11) is 1.68. The zero-order chi connectivity index (χ0) is 18.4. The fraction of sp³-hybridized carbons (Fsp3) is 0.526. The van der Waals surface area contributed by atoms with Gasteiger partial charge in [0.25, 0.3) is 5.91 Å². The highest BCUT2D eigenvalue weighted by molar-refractivity contribution is 7.08. The van der Waals surface area contributed by atoms with E-state index in [0.717, 1.165) is 54.2 Å². The first kappa shape index (κ1) is 18.8. The molecule has 1 saturated heterocycles. The Bertz CT molecular complexity index is 741. The maximum absolute atomic E-state index is 12.7. The number of carbonyl (C=O) groups excluding carboxylic acids is 1. The summed E-state index contributed by atoms with van der Waals surface area (Å²) in [5.41, 5.74) is 1.72. The van der Waals surface area contributed by atoms with E-state index in [2.05, 4.69) is 27.9 Å². The Kier molecular flexibility index (Phi) is 6.21. The molecule has 6 nitrogen and oxygen atoms in total. The monoisotopic (exact) mass is 375 g/mol. The van der Waals surface area contributed by atoms with Crippen molar-refractivity contribution in [2.24, 2.45) is 0 Å². The van der Waals surface area contributed by atoms with Crippen LogP contribution in [0.15, 0.2) is 24.3 Å². The van der Waals surface area contributed by atoms with Gasteiger partial charge in [0, 0.05) is 30.7 Å². The van der Waals surface area contributed by atoms with Gasteiger partial charge in [0.1, 0.15) is 10.6 Å². The fourth-order valence-corrected chi connectivity index (χ4v) is 4.12. The molecule has 140 valence electrons. The fourth-order valence-electron chi connectivity index (χ4n) is 3.50. The van der Waals surface area contributed by atoms with Crippen molar-refractivity contribution < 1.29 is 14.3 Å². The molecule has 0 unspecified atom stereocenters. The third-order valence-corrected chi connectivity index (χ3v) is 5.73. The zero-order valence-corrected chi connectivity index (χ0v) is 16.1. The van der Waals surface area contributed by atoms with Crippen LogP contribution < -0.4 is 10.1 Å². The van der Waals surface area contributed by atoms with E-state index in [1.54, 1.807) is 7.11 Å². The van der Waals surface area contributed by atoms with Crippen LogP contribution in [0, 0.1) is 0 Å². The van der Waals surface area contributed by atoms with Gasteiger partial charge in [-0.1, -0.05) is 36.0 Å². The average molecular weight is 375 g/mol. The Balaban J connectivity index is 1.81. The molecule has 1 fully saturated rings. The van der Waals surface area contributed by atoms with E-state index in [0.29, 0.717) is 24.6 Å². The van der Waals surface area contributed by atoms with Crippen molar-refractivity contribution in [1.29, 1.82) is 0 Å². The predicted molar refractivity (Wildman–Crippen MR) is 101 cm³/mol. The number of hydrogen-bond donors (Lipinski definition) is 1. The minimum absolute atomic E-state index is 0.0933. The number of amides is 1. The summed E-state index contributed by atoms with van der Waals surface area (Å²) >= 11 is 1.16. The Hall–Kier alpha value is -1.99. The first-order valence-corrected chi connectivity index (χ1v) is 9.78. The van der Waals surface area contributed by atoms with E-state index in [1.807, 2.05) is 18.2 Å². The highest BCUT2D eigenvalue weighted by Gasteiger charge is 2.37. The highest BCUT2D eigenvalue weighted by atomic mass is 32.1. The maximum Gasteiger partial charge on any atom is 0.264 e. The van der Waals surface area contributed by atoms with Crippen molar-refractivity contribution in [2.45, 2.75) is 38.0 Å². The highest BCUT2D eigenvalue weighted by Crippen LogP contribution is 2.39. The molecule has 0 atom stereocenters. The number of hydrogen-bond acceptors (Lipinski definition) is 6. The van der Waals surface area contributed by atoms with Crippen LogP contribution in [0.2, 0.25) is 0 Å². The summed E-state index contributed by atoms with van der Waals surface area (Å²) in [5, 5.41) is 7.22. The van der Waals surface area contributed by atoms with Gasteiger partial charge in [0.15, 0.2) is 0 Å². The quantitative estimate of drug-likeness (QED) is 0.805. The predicted octanol–water partition coefficient (Wildman–Crippen LogP) is 2.98. The lowest BCUT2D eigenvalue weighted by Gasteiger charge is -2.38. The van der Waals surface area contributed by atoms with Gasteiger partial charge in [-0.05, 0) is 36.9 Å². The van der Waals surface area contributed by atoms with Crippen molar-refractivity contribution in [2.75, 3.05) is 26.9 Å². The van der Waals surface area contributed by atoms with Gasteiger partial charge in [-0.2, -0.15) is 0 Å². The summed E-state index contributed by atoms with van der Waals surface area (Å²) in [5.74, 6) is 0.763. The molecule has 1 N–H and O–H groups in total. The van der Waals surface area contributed by atoms with Gasteiger partial charge in [-0.3, -0.25) is 4.79 Å². The van der Waals surface area contributed by atoms with Crippen LogP contribution in [0.5, 0.6) is 5.75 Å². The van der Waals surface area contributed by atoms with E-state index < -0.39 is 0 Å². The van der Waals surface area contributed by atoms with E-state index in [9.17, 15) is 4.79 Å². The number of benzene rings is 1. The number of carbonyl (C=O) groups is 1. The Morgan fingerprint density at radius 2 is 2.12 bits per heavy atom. The second kappa shape index (κ2) is 8.60. The normalized spacial score (nSPS) is 16.2. The average Bonchev–Trinajstić information content (AvgIpc) is 3.15. The molecule has 1 aliphatic heterocycles. The Labute approximate surface area is 158 Å². The van der Waals surface area contributed by atoms with Crippen LogP contribution >= 0.6 is 11.5 Å². The van der Waals surface area contributed by atoms with Crippen LogP contribution in [-0.4, -0.2) is 42.4 Å². The molecule has 1 aromatic carbocycles. The molecular formula is C19H25N3O3S. The van der Waals surface area contributed by atoms with Gasteiger partial charge in [0.2, 0.25) is 0 Å². The SMILES string of the molecule is CCCc1nnsc1C(=O)NCC1(c2ccccc2OC)CCOCC1. The summed E-state index contributed by atoms with van der Waals surface area (Å²) in [4.78, 5) is 13.3. The smallest absolute Gasteiger partial charge is 0.264 e. The van der Waals surface area contributed by atoms with E-state index in [-0.39, 0.29) is 11.3 Å². The molecule has 1 amide bonds. The molecule has 0 saturated carbocycles. The second-order valence-electron chi connectivity index (χ2n) is 6.57. The molecule has 7 heteroatoms. The third-order valence-electron chi connectivity index (χ3n) is 4.96. The lowest BCUT2D eigenvalue weighted by atomic mass is 9.73. The van der Waals surface area contributed by atoms with Gasteiger partial charge in [0.05, 0.1) is 12.8 Å². The van der Waals surface area contributed by atoms with E-state index >= 15 is 0 Å². The van der Waals surface area contributed by atoms with Crippen molar-refractivity contribution in [1.82, 2.24) is 14.9 Å². The molecular weight excluding hydrogens is 350 g/mol. The molecule has 1 aliphatic rings. The van der Waals surface area contributed by atoms with Gasteiger partial charge >= 0.3 is 0 Å². The van der Waals surface area contributed by atoms with Crippen molar-refractivity contribution in [3.05, 3.63) is 40.4 Å². The number of aromatic nitrogens is 2. The minimum atomic E-state index is -0.191. The summed E-state index contributed by atoms with van der Waals surface area (Å²) in [6.07, 6.45) is 3.39. The number of nitrogens with one attached hydrogen (secondary N) is 1. The van der Waals surface area contributed by atoms with Gasteiger partial charge in [-0.25, -0.2) is 0 Å². The van der Waals surface area contributed by atoms with Crippen LogP contribution in [0.25, 0.3) is 0 Å². The second-order valence-corrected chi connectivity index (χ2v) is 7.33. The summed E-state index contributed by atoms with van der Waals surface area (Å²) in [6, 6.07) is 8.05. The number of rotatable bonds is 7. The van der Waals surface area contributed by atoms with Crippen molar-refractivity contribution >= 4 is 17.4 Å². The molecule has 0 bridgehead atoms. The molecule has 3 rings (SSSR count). The molecule has 2 aromatic rings.